The lowest BCUT2D eigenvalue weighted by atomic mass is 10.1. The van der Waals surface area contributed by atoms with Crippen molar-refractivity contribution in [3.63, 3.8) is 0 Å². The lowest BCUT2D eigenvalue weighted by Crippen LogP contribution is -2.28. The van der Waals surface area contributed by atoms with E-state index in [-0.39, 0.29) is 0 Å². The maximum atomic E-state index is 5.32. The Balaban J connectivity index is 1.66. The molecule has 1 aliphatic rings. The second kappa shape index (κ2) is 5.33. The van der Waals surface area contributed by atoms with E-state index in [0.29, 0.717) is 0 Å². The van der Waals surface area contributed by atoms with Crippen LogP contribution in [0.25, 0.3) is 0 Å². The molecule has 1 atom stereocenters. The fourth-order valence-corrected chi connectivity index (χ4v) is 2.13. The zero-order valence-electron chi connectivity index (χ0n) is 9.41. The molecule has 84 valence electrons. The summed E-state index contributed by atoms with van der Waals surface area (Å²) in [5.74, 6) is 1.05. The molecule has 3 heteroatoms. The second-order valence-corrected chi connectivity index (χ2v) is 4.40. The number of hydrogen-bond acceptors (Lipinski definition) is 3. The molecule has 1 unspecified atom stereocenters. The number of nitrogens with one attached hydrogen (secondary N) is 1. The number of furan rings is 1. The van der Waals surface area contributed by atoms with E-state index in [1.807, 2.05) is 12.1 Å². The third kappa shape index (κ3) is 3.36. The largest absolute Gasteiger partial charge is 0.468 e. The van der Waals surface area contributed by atoms with E-state index in [9.17, 15) is 0 Å². The maximum absolute atomic E-state index is 5.32. The predicted molar refractivity (Wildman–Crippen MR) is 60.7 cm³/mol. The molecule has 0 aromatic carbocycles. The van der Waals surface area contributed by atoms with Crippen LogP contribution < -0.4 is 5.32 Å². The average molecular weight is 208 g/mol. The Morgan fingerprint density at radius 1 is 1.60 bits per heavy atom. The Kier molecular flexibility index (Phi) is 3.80. The highest BCUT2D eigenvalue weighted by Gasteiger charge is 2.14. The lowest BCUT2D eigenvalue weighted by molar-refractivity contribution is 0.280. The van der Waals surface area contributed by atoms with Crippen molar-refractivity contribution in [3.05, 3.63) is 24.2 Å². The number of rotatable bonds is 5. The molecule has 1 saturated heterocycles. The summed E-state index contributed by atoms with van der Waals surface area (Å²) in [5, 5.41) is 3.52. The molecule has 1 aromatic heterocycles. The molecule has 1 aromatic rings. The summed E-state index contributed by atoms with van der Waals surface area (Å²) in [6.45, 7) is 3.25. The molecule has 0 amide bonds. The first-order chi connectivity index (χ1) is 7.34. The van der Waals surface area contributed by atoms with Gasteiger partial charge < -0.3 is 9.73 Å². The Hall–Kier alpha value is -0.800. The Morgan fingerprint density at radius 3 is 3.20 bits per heavy atom. The van der Waals surface area contributed by atoms with Gasteiger partial charge in [0.25, 0.3) is 0 Å². The highest BCUT2D eigenvalue weighted by atomic mass is 16.3. The molecule has 15 heavy (non-hydrogen) atoms. The summed E-state index contributed by atoms with van der Waals surface area (Å²) in [7, 11) is 2.15. The molecule has 0 aliphatic carbocycles. The van der Waals surface area contributed by atoms with Crippen LogP contribution in [-0.4, -0.2) is 31.1 Å². The van der Waals surface area contributed by atoms with Crippen molar-refractivity contribution in [2.45, 2.75) is 31.8 Å². The molecule has 0 saturated carbocycles. The molecule has 2 rings (SSSR count). The highest BCUT2D eigenvalue weighted by Crippen LogP contribution is 2.10. The van der Waals surface area contributed by atoms with Gasteiger partial charge in [0.05, 0.1) is 12.8 Å². The maximum Gasteiger partial charge on any atom is 0.117 e. The third-order valence-corrected chi connectivity index (χ3v) is 3.03. The van der Waals surface area contributed by atoms with Gasteiger partial charge in [-0.15, -0.1) is 0 Å². The molecule has 0 spiro atoms. The first-order valence-electron chi connectivity index (χ1n) is 5.79. The van der Waals surface area contributed by atoms with E-state index in [2.05, 4.69) is 17.3 Å². The zero-order valence-corrected chi connectivity index (χ0v) is 9.41. The van der Waals surface area contributed by atoms with Gasteiger partial charge in [-0.2, -0.15) is 0 Å². The lowest BCUT2D eigenvalue weighted by Gasteiger charge is -2.17. The van der Waals surface area contributed by atoms with E-state index < -0.39 is 0 Å². The van der Waals surface area contributed by atoms with Crippen LogP contribution in [0.1, 0.15) is 25.0 Å². The van der Waals surface area contributed by atoms with Gasteiger partial charge in [0.15, 0.2) is 0 Å². The normalized spacial score (nSPS) is 21.3. The van der Waals surface area contributed by atoms with Gasteiger partial charge in [-0.25, -0.2) is 0 Å². The Morgan fingerprint density at radius 2 is 2.53 bits per heavy atom. The third-order valence-electron chi connectivity index (χ3n) is 3.03. The minimum absolute atomic E-state index is 0.740. The fourth-order valence-electron chi connectivity index (χ4n) is 2.13. The first-order valence-corrected chi connectivity index (χ1v) is 5.79. The molecule has 2 heterocycles. The molecular weight excluding hydrogens is 188 g/mol. The van der Waals surface area contributed by atoms with Gasteiger partial charge in [0.1, 0.15) is 5.76 Å². The van der Waals surface area contributed by atoms with Crippen LogP contribution in [0.4, 0.5) is 0 Å². The second-order valence-electron chi connectivity index (χ2n) is 4.40. The summed E-state index contributed by atoms with van der Waals surface area (Å²) >= 11 is 0. The molecule has 1 N–H and O–H groups in total. The van der Waals surface area contributed by atoms with E-state index in [0.717, 1.165) is 24.9 Å². The summed E-state index contributed by atoms with van der Waals surface area (Å²) in [5.41, 5.74) is 0. The van der Waals surface area contributed by atoms with Crippen LogP contribution >= 0.6 is 0 Å². The summed E-state index contributed by atoms with van der Waals surface area (Å²) < 4.78 is 5.32. The minimum Gasteiger partial charge on any atom is -0.468 e. The van der Waals surface area contributed by atoms with Crippen LogP contribution in [0.2, 0.25) is 0 Å². The molecule has 3 nitrogen and oxygen atoms in total. The van der Waals surface area contributed by atoms with Crippen molar-refractivity contribution in [1.82, 2.24) is 10.2 Å². The minimum atomic E-state index is 0.740. The van der Waals surface area contributed by atoms with E-state index in [1.165, 1.54) is 25.8 Å². The van der Waals surface area contributed by atoms with Gasteiger partial charge in [-0.3, -0.25) is 4.90 Å². The SMILES string of the molecule is CN(CCC1CCCN1)Cc1ccco1. The summed E-state index contributed by atoms with van der Waals surface area (Å²) in [6.07, 6.45) is 5.67. The molecule has 1 aliphatic heterocycles. The Labute approximate surface area is 91.4 Å². The van der Waals surface area contributed by atoms with Crippen molar-refractivity contribution in [1.29, 1.82) is 0 Å². The average Bonchev–Trinajstić information content (AvgIpc) is 2.86. The summed E-state index contributed by atoms with van der Waals surface area (Å²) in [6, 6.07) is 4.72. The fraction of sp³-hybridized carbons (Fsp3) is 0.667. The smallest absolute Gasteiger partial charge is 0.117 e. The van der Waals surface area contributed by atoms with Crippen molar-refractivity contribution in [3.8, 4) is 0 Å². The molecule has 1 fully saturated rings. The predicted octanol–water partition coefficient (Wildman–Crippen LogP) is 1.85. The molecular formula is C12H20N2O. The highest BCUT2D eigenvalue weighted by molar-refractivity contribution is 4.97. The zero-order chi connectivity index (χ0) is 10.5. The van der Waals surface area contributed by atoms with Gasteiger partial charge in [-0.05, 0) is 51.5 Å². The van der Waals surface area contributed by atoms with Crippen molar-refractivity contribution >= 4 is 0 Å². The van der Waals surface area contributed by atoms with Gasteiger partial charge >= 0.3 is 0 Å². The standard InChI is InChI=1S/C12H20N2O/c1-14(10-12-5-3-9-15-12)8-6-11-4-2-7-13-11/h3,5,9,11,13H,2,4,6-8,10H2,1H3. The van der Waals surface area contributed by atoms with Crippen LogP contribution in [-0.2, 0) is 6.54 Å². The van der Waals surface area contributed by atoms with E-state index in [4.69, 9.17) is 4.42 Å². The number of nitrogens with zero attached hydrogens (tertiary/aromatic N) is 1. The number of hydrogen-bond donors (Lipinski definition) is 1. The van der Waals surface area contributed by atoms with E-state index in [1.54, 1.807) is 6.26 Å². The van der Waals surface area contributed by atoms with E-state index >= 15 is 0 Å². The van der Waals surface area contributed by atoms with Crippen LogP contribution in [0.3, 0.4) is 0 Å². The monoisotopic (exact) mass is 208 g/mol. The summed E-state index contributed by atoms with van der Waals surface area (Å²) in [4.78, 5) is 2.32. The van der Waals surface area contributed by atoms with Crippen molar-refractivity contribution in [2.24, 2.45) is 0 Å². The van der Waals surface area contributed by atoms with Crippen molar-refractivity contribution < 1.29 is 4.42 Å². The van der Waals surface area contributed by atoms with Gasteiger partial charge in [-0.1, -0.05) is 0 Å². The van der Waals surface area contributed by atoms with Crippen LogP contribution in [0.15, 0.2) is 22.8 Å². The van der Waals surface area contributed by atoms with Crippen LogP contribution in [0.5, 0.6) is 0 Å². The Bertz CT molecular complexity index is 265. The first kappa shape index (κ1) is 10.7. The van der Waals surface area contributed by atoms with Crippen molar-refractivity contribution in [2.75, 3.05) is 20.1 Å². The quantitative estimate of drug-likeness (QED) is 0.800. The topological polar surface area (TPSA) is 28.4 Å². The van der Waals surface area contributed by atoms with Gasteiger partial charge in [0, 0.05) is 6.04 Å². The molecule has 0 bridgehead atoms. The van der Waals surface area contributed by atoms with Crippen LogP contribution in [0, 0.1) is 0 Å². The van der Waals surface area contributed by atoms with Gasteiger partial charge in [0.2, 0.25) is 0 Å². The molecule has 0 radical (unpaired) electrons.